The summed E-state index contributed by atoms with van der Waals surface area (Å²) in [6.07, 6.45) is 0. The quantitative estimate of drug-likeness (QED) is 0.884. The van der Waals surface area contributed by atoms with Gasteiger partial charge in [0.1, 0.15) is 11.0 Å². The van der Waals surface area contributed by atoms with Crippen LogP contribution in [0, 0.1) is 0 Å². The number of hydrogen-bond donors (Lipinski definition) is 2. The molecule has 0 saturated carbocycles. The molecule has 1 heterocycles. The predicted octanol–water partition coefficient (Wildman–Crippen LogP) is 2.14. The van der Waals surface area contributed by atoms with Gasteiger partial charge in [0, 0.05) is 17.1 Å². The Balaban J connectivity index is 2.23. The molecule has 0 bridgehead atoms. The highest BCUT2D eigenvalue weighted by molar-refractivity contribution is 8.01. The summed E-state index contributed by atoms with van der Waals surface area (Å²) in [5.41, 5.74) is 0.883. The lowest BCUT2D eigenvalue weighted by atomic mass is 10.2. The van der Waals surface area contributed by atoms with Crippen molar-refractivity contribution >= 4 is 29.3 Å². The molecule has 1 aliphatic heterocycles. The van der Waals surface area contributed by atoms with E-state index in [9.17, 15) is 4.79 Å². The molecule has 2 atom stereocenters. The molecule has 0 aliphatic carbocycles. The molecule has 0 amide bonds. The van der Waals surface area contributed by atoms with Gasteiger partial charge >= 0.3 is 5.97 Å². The Kier molecular flexibility index (Phi) is 3.81. The number of rotatable bonds is 3. The Morgan fingerprint density at radius 2 is 2.41 bits per heavy atom. The molecular weight excluding hydrogens is 262 g/mol. The molecule has 1 aromatic rings. The Labute approximate surface area is 108 Å². The van der Waals surface area contributed by atoms with Gasteiger partial charge in [-0.1, -0.05) is 11.6 Å². The third kappa shape index (κ3) is 2.68. The highest BCUT2D eigenvalue weighted by Gasteiger charge is 2.32. The van der Waals surface area contributed by atoms with Gasteiger partial charge in [0.25, 0.3) is 0 Å². The molecule has 1 aromatic carbocycles. The first kappa shape index (κ1) is 12.5. The Hall–Kier alpha value is -0.910. The molecule has 2 rings (SSSR count). The summed E-state index contributed by atoms with van der Waals surface area (Å²) in [5, 5.41) is 12.2. The van der Waals surface area contributed by atoms with Crippen LogP contribution in [-0.2, 0) is 4.79 Å². The van der Waals surface area contributed by atoms with E-state index in [0.29, 0.717) is 17.3 Å². The van der Waals surface area contributed by atoms with Crippen molar-refractivity contribution in [3.05, 3.63) is 28.8 Å². The van der Waals surface area contributed by atoms with Crippen LogP contribution in [0.2, 0.25) is 5.02 Å². The number of halogens is 1. The first-order chi connectivity index (χ1) is 8.11. The second kappa shape index (κ2) is 5.16. The summed E-state index contributed by atoms with van der Waals surface area (Å²) in [6.45, 7) is 0.445. The van der Waals surface area contributed by atoms with Crippen LogP contribution in [0.5, 0.6) is 5.75 Å². The van der Waals surface area contributed by atoms with Crippen LogP contribution in [0.25, 0.3) is 0 Å². The third-order valence-corrected chi connectivity index (χ3v) is 4.16. The predicted molar refractivity (Wildman–Crippen MR) is 67.8 cm³/mol. The van der Waals surface area contributed by atoms with E-state index in [1.807, 2.05) is 0 Å². The van der Waals surface area contributed by atoms with Crippen molar-refractivity contribution in [2.24, 2.45) is 0 Å². The molecule has 0 aromatic heterocycles. The monoisotopic (exact) mass is 273 g/mol. The van der Waals surface area contributed by atoms with Gasteiger partial charge in [0.05, 0.1) is 12.5 Å². The van der Waals surface area contributed by atoms with E-state index >= 15 is 0 Å². The van der Waals surface area contributed by atoms with Gasteiger partial charge in [-0.05, 0) is 18.2 Å². The molecule has 1 saturated heterocycles. The molecule has 6 heteroatoms. The molecular formula is C11H12ClNO3S. The minimum Gasteiger partial charge on any atom is -0.496 e. The summed E-state index contributed by atoms with van der Waals surface area (Å²) in [6, 6.07) is 5.33. The van der Waals surface area contributed by atoms with E-state index in [0.717, 1.165) is 5.56 Å². The van der Waals surface area contributed by atoms with Crippen LogP contribution in [-0.4, -0.2) is 30.0 Å². The van der Waals surface area contributed by atoms with E-state index in [1.54, 1.807) is 25.3 Å². The summed E-state index contributed by atoms with van der Waals surface area (Å²) in [4.78, 5) is 10.9. The number of ether oxygens (including phenoxy) is 1. The molecule has 92 valence electrons. The third-order valence-electron chi connectivity index (χ3n) is 2.54. The normalized spacial score (nSPS) is 23.6. The van der Waals surface area contributed by atoms with Crippen molar-refractivity contribution < 1.29 is 14.6 Å². The molecule has 1 aliphatic rings. The zero-order chi connectivity index (χ0) is 12.4. The van der Waals surface area contributed by atoms with Crippen LogP contribution in [0.4, 0.5) is 0 Å². The van der Waals surface area contributed by atoms with Crippen LogP contribution >= 0.6 is 23.4 Å². The summed E-state index contributed by atoms with van der Waals surface area (Å²) in [7, 11) is 1.58. The maximum atomic E-state index is 10.9. The van der Waals surface area contributed by atoms with Gasteiger partial charge in [0.15, 0.2) is 0 Å². The van der Waals surface area contributed by atoms with Gasteiger partial charge in [0.2, 0.25) is 0 Å². The van der Waals surface area contributed by atoms with Gasteiger partial charge in [-0.2, -0.15) is 0 Å². The van der Waals surface area contributed by atoms with Gasteiger partial charge in [-0.15, -0.1) is 11.8 Å². The van der Waals surface area contributed by atoms with E-state index in [4.69, 9.17) is 21.4 Å². The SMILES string of the molecule is COc1ccc(Cl)cc1[C@H]1NC[C@H](C(=O)O)S1. The number of hydrogen-bond acceptors (Lipinski definition) is 4. The van der Waals surface area contributed by atoms with Crippen molar-refractivity contribution in [3.63, 3.8) is 0 Å². The van der Waals surface area contributed by atoms with Crippen molar-refractivity contribution in [2.75, 3.05) is 13.7 Å². The number of thioether (sulfide) groups is 1. The van der Waals surface area contributed by atoms with Crippen LogP contribution in [0.1, 0.15) is 10.9 Å². The fraction of sp³-hybridized carbons (Fsp3) is 0.364. The Morgan fingerprint density at radius 1 is 1.65 bits per heavy atom. The minimum atomic E-state index is -0.800. The topological polar surface area (TPSA) is 58.6 Å². The Bertz CT molecular complexity index is 441. The number of carboxylic acid groups (broad SMARTS) is 1. The summed E-state index contributed by atoms with van der Waals surface area (Å²) in [5.74, 6) is -0.0866. The van der Waals surface area contributed by atoms with Gasteiger partial charge in [-0.25, -0.2) is 0 Å². The average Bonchev–Trinajstić information content (AvgIpc) is 2.78. The maximum absolute atomic E-state index is 10.9. The van der Waals surface area contributed by atoms with Crippen LogP contribution in [0.15, 0.2) is 18.2 Å². The number of aliphatic carboxylic acids is 1. The number of methoxy groups -OCH3 is 1. The second-order valence-electron chi connectivity index (χ2n) is 3.64. The smallest absolute Gasteiger partial charge is 0.318 e. The number of benzene rings is 1. The average molecular weight is 274 g/mol. The lowest BCUT2D eigenvalue weighted by molar-refractivity contribution is -0.136. The zero-order valence-corrected chi connectivity index (χ0v) is 10.7. The first-order valence-corrected chi connectivity index (χ1v) is 6.39. The second-order valence-corrected chi connectivity index (χ2v) is 5.39. The van der Waals surface area contributed by atoms with Crippen molar-refractivity contribution in [1.82, 2.24) is 5.32 Å². The summed E-state index contributed by atoms with van der Waals surface area (Å²) < 4.78 is 5.25. The van der Waals surface area contributed by atoms with E-state index in [-0.39, 0.29) is 5.37 Å². The van der Waals surface area contributed by atoms with Crippen LogP contribution < -0.4 is 10.1 Å². The molecule has 4 nitrogen and oxygen atoms in total. The van der Waals surface area contributed by atoms with Gasteiger partial charge < -0.3 is 9.84 Å². The lowest BCUT2D eigenvalue weighted by Crippen LogP contribution is -2.21. The standard InChI is InChI=1S/C11H12ClNO3S/c1-16-8-3-2-6(12)4-7(8)10-13-5-9(17-10)11(14)15/h2-4,9-10,13H,5H2,1H3,(H,14,15)/t9-,10+/m1/s1. The maximum Gasteiger partial charge on any atom is 0.318 e. The fourth-order valence-electron chi connectivity index (χ4n) is 1.71. The lowest BCUT2D eigenvalue weighted by Gasteiger charge is -2.14. The highest BCUT2D eigenvalue weighted by Crippen LogP contribution is 2.40. The molecule has 2 N–H and O–H groups in total. The zero-order valence-electron chi connectivity index (χ0n) is 9.14. The van der Waals surface area contributed by atoms with E-state index in [1.165, 1.54) is 11.8 Å². The fourth-order valence-corrected chi connectivity index (χ4v) is 3.05. The number of carboxylic acids is 1. The van der Waals surface area contributed by atoms with Crippen molar-refractivity contribution in [2.45, 2.75) is 10.6 Å². The van der Waals surface area contributed by atoms with Gasteiger partial charge in [-0.3, -0.25) is 10.1 Å². The van der Waals surface area contributed by atoms with E-state index < -0.39 is 11.2 Å². The highest BCUT2D eigenvalue weighted by atomic mass is 35.5. The number of nitrogens with one attached hydrogen (secondary N) is 1. The summed E-state index contributed by atoms with van der Waals surface area (Å²) >= 11 is 7.30. The first-order valence-electron chi connectivity index (χ1n) is 5.07. The minimum absolute atomic E-state index is 0.0928. The van der Waals surface area contributed by atoms with Crippen LogP contribution in [0.3, 0.4) is 0 Å². The molecule has 0 spiro atoms. The Morgan fingerprint density at radius 3 is 3.00 bits per heavy atom. The molecule has 0 unspecified atom stereocenters. The molecule has 17 heavy (non-hydrogen) atoms. The van der Waals surface area contributed by atoms with Crippen molar-refractivity contribution in [3.8, 4) is 5.75 Å². The molecule has 0 radical (unpaired) electrons. The largest absolute Gasteiger partial charge is 0.496 e. The number of carbonyl (C=O) groups is 1. The van der Waals surface area contributed by atoms with Crippen molar-refractivity contribution in [1.29, 1.82) is 0 Å². The molecule has 1 fully saturated rings. The van der Waals surface area contributed by atoms with E-state index in [2.05, 4.69) is 5.32 Å².